The third-order valence-corrected chi connectivity index (χ3v) is 1.91. The fraction of sp³-hybridized carbons (Fsp3) is 0.222. The predicted octanol–water partition coefficient (Wildman–Crippen LogP) is 2.97. The molecular weight excluding hydrogens is 158 g/mol. The van der Waals surface area contributed by atoms with Crippen LogP contribution in [0, 0.1) is 11.3 Å². The molecule has 0 saturated heterocycles. The highest BCUT2D eigenvalue weighted by molar-refractivity contribution is 6.31. The molecule has 2 heteroatoms. The molecule has 1 atom stereocenters. The smallest absolute Gasteiger partial charge is 0.0701 e. The Kier molecular flexibility index (Phi) is 2.51. The van der Waals surface area contributed by atoms with Gasteiger partial charge in [0.2, 0.25) is 0 Å². The van der Waals surface area contributed by atoms with Gasteiger partial charge in [-0.05, 0) is 18.6 Å². The molecule has 0 aliphatic rings. The van der Waals surface area contributed by atoms with Crippen LogP contribution < -0.4 is 0 Å². The largest absolute Gasteiger partial charge is 0.198 e. The minimum Gasteiger partial charge on any atom is -0.198 e. The lowest BCUT2D eigenvalue weighted by atomic mass is 10.0. The van der Waals surface area contributed by atoms with Gasteiger partial charge in [-0.3, -0.25) is 0 Å². The van der Waals surface area contributed by atoms with Crippen molar-refractivity contribution in [2.24, 2.45) is 0 Å². The molecule has 0 aliphatic carbocycles. The summed E-state index contributed by atoms with van der Waals surface area (Å²) >= 11 is 5.85. The van der Waals surface area contributed by atoms with E-state index in [2.05, 4.69) is 6.07 Å². The van der Waals surface area contributed by atoms with Gasteiger partial charge < -0.3 is 0 Å². The Labute approximate surface area is 71.2 Å². The summed E-state index contributed by atoms with van der Waals surface area (Å²) in [5, 5.41) is 9.27. The summed E-state index contributed by atoms with van der Waals surface area (Å²) in [7, 11) is 0. The van der Waals surface area contributed by atoms with E-state index in [4.69, 9.17) is 16.9 Å². The molecule has 0 aromatic heterocycles. The van der Waals surface area contributed by atoms with E-state index in [0.29, 0.717) is 5.02 Å². The molecule has 0 spiro atoms. The zero-order valence-electron chi connectivity index (χ0n) is 6.21. The molecule has 0 bridgehead atoms. The maximum absolute atomic E-state index is 8.60. The summed E-state index contributed by atoms with van der Waals surface area (Å²) in [6.45, 7) is 1.83. The molecular formula is C9H8ClN. The molecule has 0 unspecified atom stereocenters. The van der Waals surface area contributed by atoms with Gasteiger partial charge in [-0.25, -0.2) is 0 Å². The third kappa shape index (κ3) is 1.72. The van der Waals surface area contributed by atoms with Gasteiger partial charge in [0, 0.05) is 5.02 Å². The lowest BCUT2D eigenvalue weighted by Gasteiger charge is -2.03. The topological polar surface area (TPSA) is 23.8 Å². The molecule has 1 aromatic rings. The number of hydrogen-bond donors (Lipinski definition) is 0. The van der Waals surface area contributed by atoms with Gasteiger partial charge in [-0.1, -0.05) is 29.8 Å². The number of nitriles is 1. The lowest BCUT2D eigenvalue weighted by Crippen LogP contribution is -1.89. The molecule has 11 heavy (non-hydrogen) atoms. The highest BCUT2D eigenvalue weighted by Crippen LogP contribution is 2.22. The summed E-state index contributed by atoms with van der Waals surface area (Å²) in [5.74, 6) is -0.122. The molecule has 1 aromatic carbocycles. The second-order valence-corrected chi connectivity index (χ2v) is 2.78. The number of halogens is 1. The lowest BCUT2D eigenvalue weighted by molar-refractivity contribution is 0.982. The van der Waals surface area contributed by atoms with Crippen molar-refractivity contribution in [3.8, 4) is 6.07 Å². The Morgan fingerprint density at radius 2 is 2.09 bits per heavy atom. The molecule has 0 aliphatic heterocycles. The summed E-state index contributed by atoms with van der Waals surface area (Å²) in [5.41, 5.74) is 0.900. The van der Waals surface area contributed by atoms with Gasteiger partial charge >= 0.3 is 0 Å². The molecule has 56 valence electrons. The zero-order valence-corrected chi connectivity index (χ0v) is 6.97. The monoisotopic (exact) mass is 165 g/mol. The maximum Gasteiger partial charge on any atom is 0.0701 e. The van der Waals surface area contributed by atoms with E-state index in [0.717, 1.165) is 5.56 Å². The van der Waals surface area contributed by atoms with E-state index in [-0.39, 0.29) is 5.92 Å². The average molecular weight is 166 g/mol. The van der Waals surface area contributed by atoms with E-state index in [1.54, 1.807) is 6.07 Å². The van der Waals surface area contributed by atoms with Crippen LogP contribution in [0.15, 0.2) is 24.3 Å². The van der Waals surface area contributed by atoms with E-state index in [1.807, 2.05) is 25.1 Å². The minimum absolute atomic E-state index is 0.122. The number of nitrogens with zero attached hydrogens (tertiary/aromatic N) is 1. The van der Waals surface area contributed by atoms with Crippen LogP contribution in [0.3, 0.4) is 0 Å². The second kappa shape index (κ2) is 3.41. The highest BCUT2D eigenvalue weighted by Gasteiger charge is 2.05. The first-order valence-corrected chi connectivity index (χ1v) is 3.77. The number of hydrogen-bond acceptors (Lipinski definition) is 1. The van der Waals surface area contributed by atoms with Gasteiger partial charge in [0.25, 0.3) is 0 Å². The highest BCUT2D eigenvalue weighted by atomic mass is 35.5. The van der Waals surface area contributed by atoms with Crippen LogP contribution in [-0.2, 0) is 0 Å². The van der Waals surface area contributed by atoms with Crippen LogP contribution in [0.4, 0.5) is 0 Å². The molecule has 1 nitrogen and oxygen atoms in total. The van der Waals surface area contributed by atoms with Crippen molar-refractivity contribution in [2.45, 2.75) is 12.8 Å². The summed E-state index contributed by atoms with van der Waals surface area (Å²) < 4.78 is 0. The summed E-state index contributed by atoms with van der Waals surface area (Å²) in [6, 6.07) is 9.55. The average Bonchev–Trinajstić information content (AvgIpc) is 2.04. The molecule has 0 amide bonds. The minimum atomic E-state index is -0.122. The summed E-state index contributed by atoms with van der Waals surface area (Å²) in [4.78, 5) is 0. The Morgan fingerprint density at radius 3 is 2.64 bits per heavy atom. The van der Waals surface area contributed by atoms with E-state index in [1.165, 1.54) is 0 Å². The van der Waals surface area contributed by atoms with Crippen LogP contribution in [0.25, 0.3) is 0 Å². The molecule has 0 saturated carbocycles. The van der Waals surface area contributed by atoms with Crippen LogP contribution in [0.2, 0.25) is 5.02 Å². The zero-order chi connectivity index (χ0) is 8.27. The van der Waals surface area contributed by atoms with Gasteiger partial charge in [0.05, 0.1) is 12.0 Å². The van der Waals surface area contributed by atoms with Crippen molar-refractivity contribution in [1.29, 1.82) is 5.26 Å². The second-order valence-electron chi connectivity index (χ2n) is 2.37. The van der Waals surface area contributed by atoms with E-state index < -0.39 is 0 Å². The first-order valence-electron chi connectivity index (χ1n) is 3.39. The quantitative estimate of drug-likeness (QED) is 0.628. The van der Waals surface area contributed by atoms with E-state index >= 15 is 0 Å². The molecule has 0 heterocycles. The van der Waals surface area contributed by atoms with Crippen molar-refractivity contribution in [2.75, 3.05) is 0 Å². The molecule has 0 N–H and O–H groups in total. The summed E-state index contributed by atoms with van der Waals surface area (Å²) in [6.07, 6.45) is 0. The van der Waals surface area contributed by atoms with Gasteiger partial charge in [0.1, 0.15) is 0 Å². The van der Waals surface area contributed by atoms with Crippen molar-refractivity contribution in [3.63, 3.8) is 0 Å². The van der Waals surface area contributed by atoms with Crippen molar-refractivity contribution < 1.29 is 0 Å². The van der Waals surface area contributed by atoms with Crippen molar-refractivity contribution in [3.05, 3.63) is 34.9 Å². The van der Waals surface area contributed by atoms with Crippen LogP contribution in [0.5, 0.6) is 0 Å². The van der Waals surface area contributed by atoms with Crippen molar-refractivity contribution in [1.82, 2.24) is 0 Å². The van der Waals surface area contributed by atoms with Crippen LogP contribution >= 0.6 is 11.6 Å². The van der Waals surface area contributed by atoms with Gasteiger partial charge in [-0.15, -0.1) is 0 Å². The number of benzene rings is 1. The predicted molar refractivity (Wildman–Crippen MR) is 45.5 cm³/mol. The first-order chi connectivity index (χ1) is 5.25. The fourth-order valence-electron chi connectivity index (χ4n) is 0.896. The Hall–Kier alpha value is -1.00. The first kappa shape index (κ1) is 8.10. The van der Waals surface area contributed by atoms with Crippen molar-refractivity contribution >= 4 is 11.6 Å². The maximum atomic E-state index is 8.60. The number of rotatable bonds is 1. The fourth-order valence-corrected chi connectivity index (χ4v) is 1.20. The molecule has 0 radical (unpaired) electrons. The van der Waals surface area contributed by atoms with Gasteiger partial charge in [0.15, 0.2) is 0 Å². The molecule has 0 fully saturated rings. The van der Waals surface area contributed by atoms with Gasteiger partial charge in [-0.2, -0.15) is 5.26 Å². The van der Waals surface area contributed by atoms with Crippen LogP contribution in [0.1, 0.15) is 18.4 Å². The van der Waals surface area contributed by atoms with E-state index in [9.17, 15) is 0 Å². The third-order valence-electron chi connectivity index (χ3n) is 1.57. The Bertz CT molecular complexity index is 288. The SMILES string of the molecule is C[C@@H](C#N)c1ccccc1Cl. The standard InChI is InChI=1S/C9H8ClN/c1-7(6-11)8-4-2-3-5-9(8)10/h2-5,7H,1H3/t7-/m0/s1. The molecule has 1 rings (SSSR count). The Balaban J connectivity index is 3.05. The normalized spacial score (nSPS) is 12.1. The Morgan fingerprint density at radius 1 is 1.45 bits per heavy atom. The van der Waals surface area contributed by atoms with Crippen LogP contribution in [-0.4, -0.2) is 0 Å².